The molecule has 0 bridgehead atoms. The van der Waals surface area contributed by atoms with E-state index in [9.17, 15) is 4.79 Å². The maximum absolute atomic E-state index is 12.0. The third-order valence-corrected chi connectivity index (χ3v) is 3.14. The molecule has 0 fully saturated rings. The molecule has 7 nitrogen and oxygen atoms in total. The molecule has 1 amide bonds. The van der Waals surface area contributed by atoms with Gasteiger partial charge in [0, 0.05) is 12.5 Å². The molecule has 2 heterocycles. The number of nitrogens with zero attached hydrogens (tertiary/aromatic N) is 2. The van der Waals surface area contributed by atoms with Crippen molar-refractivity contribution in [2.24, 2.45) is 0 Å². The predicted molar refractivity (Wildman–Crippen MR) is 74.2 cm³/mol. The molecule has 110 valence electrons. The Labute approximate surface area is 121 Å². The Morgan fingerprint density at radius 2 is 2.19 bits per heavy atom. The van der Waals surface area contributed by atoms with Gasteiger partial charge in [0.1, 0.15) is 5.82 Å². The van der Waals surface area contributed by atoms with Gasteiger partial charge in [-0.1, -0.05) is 19.9 Å². The molecule has 0 aliphatic carbocycles. The van der Waals surface area contributed by atoms with E-state index in [-0.39, 0.29) is 24.4 Å². The van der Waals surface area contributed by atoms with Crippen LogP contribution < -0.4 is 14.8 Å². The first-order chi connectivity index (χ1) is 10.1. The highest BCUT2D eigenvalue weighted by atomic mass is 16.7. The summed E-state index contributed by atoms with van der Waals surface area (Å²) in [6.45, 7) is 4.57. The van der Waals surface area contributed by atoms with Gasteiger partial charge in [-0.3, -0.25) is 9.89 Å². The van der Waals surface area contributed by atoms with Crippen molar-refractivity contribution < 1.29 is 14.3 Å². The van der Waals surface area contributed by atoms with E-state index in [2.05, 4.69) is 20.5 Å². The van der Waals surface area contributed by atoms with E-state index < -0.39 is 0 Å². The molecule has 0 atom stereocenters. The molecule has 1 aliphatic heterocycles. The fourth-order valence-corrected chi connectivity index (χ4v) is 1.95. The highest BCUT2D eigenvalue weighted by molar-refractivity contribution is 5.90. The quantitative estimate of drug-likeness (QED) is 0.891. The van der Waals surface area contributed by atoms with Crippen molar-refractivity contribution >= 4 is 5.91 Å². The minimum atomic E-state index is -0.309. The maximum atomic E-state index is 12.0. The molecule has 1 aromatic heterocycles. The first-order valence-corrected chi connectivity index (χ1v) is 6.72. The highest BCUT2D eigenvalue weighted by Crippen LogP contribution is 2.32. The number of hydrogen-bond donors (Lipinski definition) is 2. The largest absolute Gasteiger partial charge is 0.454 e. The van der Waals surface area contributed by atoms with Gasteiger partial charge in [-0.25, -0.2) is 4.98 Å². The molecular formula is C14H16N4O3. The van der Waals surface area contributed by atoms with Gasteiger partial charge in [0.25, 0.3) is 5.91 Å². The molecular weight excluding hydrogens is 272 g/mol. The van der Waals surface area contributed by atoms with Crippen LogP contribution in [0.5, 0.6) is 11.5 Å². The summed E-state index contributed by atoms with van der Waals surface area (Å²) < 4.78 is 10.5. The van der Waals surface area contributed by atoms with Gasteiger partial charge in [-0.2, -0.15) is 0 Å². The number of rotatable bonds is 4. The lowest BCUT2D eigenvalue weighted by Crippen LogP contribution is -2.24. The van der Waals surface area contributed by atoms with Gasteiger partial charge in [-0.15, -0.1) is 5.10 Å². The molecule has 0 spiro atoms. The third kappa shape index (κ3) is 2.81. The summed E-state index contributed by atoms with van der Waals surface area (Å²) in [5.74, 6) is 2.16. The molecule has 2 aromatic rings. The van der Waals surface area contributed by atoms with Crippen molar-refractivity contribution in [2.75, 3.05) is 6.79 Å². The molecule has 1 aliphatic rings. The van der Waals surface area contributed by atoms with Crippen molar-refractivity contribution in [1.82, 2.24) is 20.5 Å². The molecule has 0 saturated carbocycles. The van der Waals surface area contributed by atoms with Gasteiger partial charge in [0.15, 0.2) is 11.5 Å². The number of hydrogen-bond acceptors (Lipinski definition) is 5. The summed E-state index contributed by atoms with van der Waals surface area (Å²) in [7, 11) is 0. The Balaban J connectivity index is 1.62. The zero-order valence-corrected chi connectivity index (χ0v) is 11.8. The number of fused-ring (bicyclic) bond motifs is 1. The van der Waals surface area contributed by atoms with Gasteiger partial charge in [0.2, 0.25) is 12.6 Å². The fraction of sp³-hybridized carbons (Fsp3) is 0.357. The SMILES string of the molecule is CC(C)c1nc(C(=O)NCc2ccc3c(c2)OCO3)n[nH]1. The summed E-state index contributed by atoms with van der Waals surface area (Å²) in [6.07, 6.45) is 0. The number of aromatic nitrogens is 3. The van der Waals surface area contributed by atoms with Crippen LogP contribution in [0.4, 0.5) is 0 Å². The summed E-state index contributed by atoms with van der Waals surface area (Å²) in [4.78, 5) is 16.1. The Kier molecular flexibility index (Phi) is 3.47. The number of benzene rings is 1. The minimum absolute atomic E-state index is 0.152. The van der Waals surface area contributed by atoms with E-state index >= 15 is 0 Å². The van der Waals surface area contributed by atoms with Crippen LogP contribution in [-0.2, 0) is 6.54 Å². The van der Waals surface area contributed by atoms with Crippen molar-refractivity contribution in [3.63, 3.8) is 0 Å². The molecule has 0 unspecified atom stereocenters. The van der Waals surface area contributed by atoms with Crippen molar-refractivity contribution in [3.05, 3.63) is 35.4 Å². The minimum Gasteiger partial charge on any atom is -0.454 e. The molecule has 21 heavy (non-hydrogen) atoms. The van der Waals surface area contributed by atoms with E-state index in [1.807, 2.05) is 32.0 Å². The van der Waals surface area contributed by atoms with Crippen LogP contribution in [0.25, 0.3) is 0 Å². The van der Waals surface area contributed by atoms with Crippen LogP contribution in [0.2, 0.25) is 0 Å². The first kappa shape index (κ1) is 13.4. The van der Waals surface area contributed by atoms with Crippen molar-refractivity contribution in [2.45, 2.75) is 26.3 Å². The summed E-state index contributed by atoms with van der Waals surface area (Å²) in [5, 5.41) is 9.45. The Morgan fingerprint density at radius 3 is 2.95 bits per heavy atom. The van der Waals surface area contributed by atoms with E-state index in [4.69, 9.17) is 9.47 Å². The number of carbonyl (C=O) groups excluding carboxylic acids is 1. The van der Waals surface area contributed by atoms with Crippen LogP contribution in [0.15, 0.2) is 18.2 Å². The van der Waals surface area contributed by atoms with Crippen LogP contribution in [-0.4, -0.2) is 27.9 Å². The van der Waals surface area contributed by atoms with E-state index in [0.29, 0.717) is 18.1 Å². The smallest absolute Gasteiger partial charge is 0.291 e. The molecule has 7 heteroatoms. The Morgan fingerprint density at radius 1 is 1.38 bits per heavy atom. The lowest BCUT2D eigenvalue weighted by molar-refractivity contribution is 0.0940. The lowest BCUT2D eigenvalue weighted by Gasteiger charge is -2.04. The topological polar surface area (TPSA) is 89.1 Å². The second kappa shape index (κ2) is 5.43. The normalized spacial score (nSPS) is 12.7. The van der Waals surface area contributed by atoms with E-state index in [0.717, 1.165) is 11.3 Å². The van der Waals surface area contributed by atoms with Gasteiger partial charge in [0.05, 0.1) is 0 Å². The second-order valence-electron chi connectivity index (χ2n) is 5.07. The number of H-pyrrole nitrogens is 1. The zero-order chi connectivity index (χ0) is 14.8. The number of carbonyl (C=O) groups is 1. The standard InChI is InChI=1S/C14H16N4O3/c1-8(2)12-16-13(18-17-12)14(19)15-6-9-3-4-10-11(5-9)21-7-20-10/h3-5,8H,6-7H2,1-2H3,(H,15,19)(H,16,17,18). The summed E-state index contributed by atoms with van der Waals surface area (Å²) >= 11 is 0. The van der Waals surface area contributed by atoms with Gasteiger partial charge in [-0.05, 0) is 17.7 Å². The number of aromatic amines is 1. The summed E-state index contributed by atoms with van der Waals surface area (Å²) in [5.41, 5.74) is 0.923. The van der Waals surface area contributed by atoms with Crippen LogP contribution in [0.1, 0.15) is 41.8 Å². The van der Waals surface area contributed by atoms with Crippen LogP contribution in [0.3, 0.4) is 0 Å². The van der Waals surface area contributed by atoms with Crippen LogP contribution >= 0.6 is 0 Å². The van der Waals surface area contributed by atoms with Crippen molar-refractivity contribution in [1.29, 1.82) is 0 Å². The van der Waals surface area contributed by atoms with Crippen LogP contribution in [0, 0.1) is 0 Å². The average Bonchev–Trinajstić information content (AvgIpc) is 3.12. The molecule has 0 saturated heterocycles. The predicted octanol–water partition coefficient (Wildman–Crippen LogP) is 1.59. The third-order valence-electron chi connectivity index (χ3n) is 3.14. The Hall–Kier alpha value is -2.57. The number of ether oxygens (including phenoxy) is 2. The monoisotopic (exact) mass is 288 g/mol. The number of amides is 1. The molecule has 0 radical (unpaired) electrons. The highest BCUT2D eigenvalue weighted by Gasteiger charge is 2.16. The molecule has 3 rings (SSSR count). The van der Waals surface area contributed by atoms with Gasteiger partial charge < -0.3 is 14.8 Å². The first-order valence-electron chi connectivity index (χ1n) is 6.72. The summed E-state index contributed by atoms with van der Waals surface area (Å²) in [6, 6.07) is 5.55. The zero-order valence-electron chi connectivity index (χ0n) is 11.8. The second-order valence-corrected chi connectivity index (χ2v) is 5.07. The molecule has 2 N–H and O–H groups in total. The fourth-order valence-electron chi connectivity index (χ4n) is 1.95. The average molecular weight is 288 g/mol. The maximum Gasteiger partial charge on any atom is 0.291 e. The van der Waals surface area contributed by atoms with Crippen molar-refractivity contribution in [3.8, 4) is 11.5 Å². The van der Waals surface area contributed by atoms with Gasteiger partial charge >= 0.3 is 0 Å². The lowest BCUT2D eigenvalue weighted by atomic mass is 10.2. The Bertz CT molecular complexity index is 666. The number of nitrogens with one attached hydrogen (secondary N) is 2. The van der Waals surface area contributed by atoms with E-state index in [1.54, 1.807) is 0 Å². The molecule has 1 aromatic carbocycles. The van der Waals surface area contributed by atoms with E-state index in [1.165, 1.54) is 0 Å².